The van der Waals surface area contributed by atoms with Gasteiger partial charge in [0.2, 0.25) is 0 Å². The van der Waals surface area contributed by atoms with Crippen molar-refractivity contribution in [3.8, 4) is 11.5 Å². The van der Waals surface area contributed by atoms with Gasteiger partial charge in [-0.05, 0) is 31.8 Å². The summed E-state index contributed by atoms with van der Waals surface area (Å²) in [4.78, 5) is 0. The zero-order valence-corrected chi connectivity index (χ0v) is 11.6. The molecule has 0 bridgehead atoms. The monoisotopic (exact) mass is 282 g/mol. The summed E-state index contributed by atoms with van der Waals surface area (Å²) in [6, 6.07) is 3.78. The van der Waals surface area contributed by atoms with Crippen LogP contribution in [0.5, 0.6) is 11.5 Å². The predicted octanol–water partition coefficient (Wildman–Crippen LogP) is 2.52. The molecule has 0 unspecified atom stereocenters. The molecular weight excluding hydrogens is 264 g/mol. The summed E-state index contributed by atoms with van der Waals surface area (Å²) in [5.74, 6) is 2.23. The van der Waals surface area contributed by atoms with Crippen LogP contribution >= 0.6 is 11.6 Å². The molecule has 1 fully saturated rings. The molecule has 2 N–H and O–H groups in total. The second-order valence-corrected chi connectivity index (χ2v) is 5.46. The van der Waals surface area contributed by atoms with E-state index in [0.29, 0.717) is 24.2 Å². The number of ether oxygens (including phenoxy) is 2. The minimum absolute atomic E-state index is 0.588. The van der Waals surface area contributed by atoms with Crippen LogP contribution in [0.15, 0.2) is 12.1 Å². The topological polar surface area (TPSA) is 42.5 Å². The number of hydrogen-bond donors (Lipinski definition) is 2. The van der Waals surface area contributed by atoms with E-state index in [1.807, 2.05) is 12.1 Å². The Morgan fingerprint density at radius 2 is 1.84 bits per heavy atom. The Balaban J connectivity index is 1.66. The normalized spacial score (nSPS) is 19.2. The molecule has 0 aromatic heterocycles. The average Bonchev–Trinajstić information content (AvgIpc) is 2.46. The lowest BCUT2D eigenvalue weighted by Gasteiger charge is -2.24. The zero-order chi connectivity index (χ0) is 13.1. The number of halogens is 1. The highest BCUT2D eigenvalue weighted by Gasteiger charge is 2.17. The van der Waals surface area contributed by atoms with Crippen LogP contribution in [-0.4, -0.2) is 32.8 Å². The van der Waals surface area contributed by atoms with Gasteiger partial charge in [0.05, 0.1) is 10.7 Å². The van der Waals surface area contributed by atoms with Crippen molar-refractivity contribution in [2.75, 3.05) is 38.2 Å². The Kier molecular flexibility index (Phi) is 3.99. The lowest BCUT2D eigenvalue weighted by molar-refractivity contribution is 0.171. The standard InChI is InChI=1S/C14H19ClN2O2/c15-11-7-13-14(19-6-5-18-13)8-12(11)17-9-10-1-3-16-4-2-10/h7-8,10,16-17H,1-6,9H2. The molecule has 0 amide bonds. The van der Waals surface area contributed by atoms with Crippen molar-refractivity contribution in [1.82, 2.24) is 5.32 Å². The highest BCUT2D eigenvalue weighted by Crippen LogP contribution is 2.38. The van der Waals surface area contributed by atoms with Crippen molar-refractivity contribution in [2.24, 2.45) is 5.92 Å². The molecule has 3 rings (SSSR count). The van der Waals surface area contributed by atoms with Gasteiger partial charge in [-0.25, -0.2) is 0 Å². The summed E-state index contributed by atoms with van der Waals surface area (Å²) >= 11 is 6.27. The highest BCUT2D eigenvalue weighted by molar-refractivity contribution is 6.33. The van der Waals surface area contributed by atoms with E-state index in [9.17, 15) is 0 Å². The second kappa shape index (κ2) is 5.88. The summed E-state index contributed by atoms with van der Waals surface area (Å²) in [6.07, 6.45) is 2.43. The number of fused-ring (bicyclic) bond motifs is 1. The molecule has 0 aliphatic carbocycles. The first kappa shape index (κ1) is 12.9. The lowest BCUT2D eigenvalue weighted by Crippen LogP contribution is -2.31. The number of piperidine rings is 1. The van der Waals surface area contributed by atoms with Gasteiger partial charge in [-0.2, -0.15) is 0 Å². The summed E-state index contributed by atoms with van der Waals surface area (Å²) in [5, 5.41) is 7.51. The molecule has 0 saturated carbocycles. The van der Waals surface area contributed by atoms with Crippen LogP contribution in [0, 0.1) is 5.92 Å². The maximum atomic E-state index is 6.27. The zero-order valence-electron chi connectivity index (χ0n) is 10.9. The highest BCUT2D eigenvalue weighted by atomic mass is 35.5. The van der Waals surface area contributed by atoms with Gasteiger partial charge in [0, 0.05) is 18.7 Å². The van der Waals surface area contributed by atoms with Gasteiger partial charge in [-0.1, -0.05) is 11.6 Å². The number of nitrogens with one attached hydrogen (secondary N) is 2. The summed E-state index contributed by atoms with van der Waals surface area (Å²) in [5.41, 5.74) is 0.935. The molecule has 19 heavy (non-hydrogen) atoms. The first-order chi connectivity index (χ1) is 9.33. The van der Waals surface area contributed by atoms with E-state index in [2.05, 4.69) is 10.6 Å². The largest absolute Gasteiger partial charge is 0.486 e. The van der Waals surface area contributed by atoms with E-state index in [4.69, 9.17) is 21.1 Å². The predicted molar refractivity (Wildman–Crippen MR) is 76.5 cm³/mol. The summed E-state index contributed by atoms with van der Waals surface area (Å²) in [7, 11) is 0. The van der Waals surface area contributed by atoms with Crippen LogP contribution in [-0.2, 0) is 0 Å². The molecule has 2 heterocycles. The Bertz CT molecular complexity index is 447. The third kappa shape index (κ3) is 3.07. The minimum atomic E-state index is 0.588. The first-order valence-corrected chi connectivity index (χ1v) is 7.24. The van der Waals surface area contributed by atoms with Crippen molar-refractivity contribution in [3.63, 3.8) is 0 Å². The summed E-state index contributed by atoms with van der Waals surface area (Å²) < 4.78 is 11.1. The fourth-order valence-corrected chi connectivity index (χ4v) is 2.76. The molecule has 104 valence electrons. The number of rotatable bonds is 3. The minimum Gasteiger partial charge on any atom is -0.486 e. The average molecular weight is 283 g/mol. The van der Waals surface area contributed by atoms with Crippen LogP contribution in [0.3, 0.4) is 0 Å². The molecule has 0 atom stereocenters. The summed E-state index contributed by atoms with van der Waals surface area (Å²) in [6.45, 7) is 4.37. The van der Waals surface area contributed by atoms with Crippen LogP contribution < -0.4 is 20.1 Å². The van der Waals surface area contributed by atoms with Crippen molar-refractivity contribution in [3.05, 3.63) is 17.2 Å². The molecule has 0 spiro atoms. The third-order valence-corrected chi connectivity index (χ3v) is 3.98. The third-order valence-electron chi connectivity index (χ3n) is 3.67. The van der Waals surface area contributed by atoms with Crippen molar-refractivity contribution in [1.29, 1.82) is 0 Å². The molecule has 2 aliphatic heterocycles. The molecule has 1 aromatic carbocycles. The Labute approximate surface area is 118 Å². The molecule has 2 aliphatic rings. The number of benzene rings is 1. The fourth-order valence-electron chi connectivity index (χ4n) is 2.54. The first-order valence-electron chi connectivity index (χ1n) is 6.86. The van der Waals surface area contributed by atoms with Crippen LogP contribution in [0.25, 0.3) is 0 Å². The SMILES string of the molecule is Clc1cc2c(cc1NCC1CCNCC1)OCCO2. The Morgan fingerprint density at radius 3 is 2.58 bits per heavy atom. The van der Waals surface area contributed by atoms with E-state index >= 15 is 0 Å². The van der Waals surface area contributed by atoms with Gasteiger partial charge in [0.15, 0.2) is 11.5 Å². The molecule has 1 aromatic rings. The van der Waals surface area contributed by atoms with Crippen molar-refractivity contribution in [2.45, 2.75) is 12.8 Å². The van der Waals surface area contributed by atoms with E-state index in [-0.39, 0.29) is 0 Å². The van der Waals surface area contributed by atoms with Crippen LogP contribution in [0.2, 0.25) is 5.02 Å². The van der Waals surface area contributed by atoms with Gasteiger partial charge in [0.1, 0.15) is 13.2 Å². The second-order valence-electron chi connectivity index (χ2n) is 5.05. The molecular formula is C14H19ClN2O2. The van der Waals surface area contributed by atoms with E-state index in [1.165, 1.54) is 12.8 Å². The van der Waals surface area contributed by atoms with E-state index in [1.54, 1.807) is 0 Å². The van der Waals surface area contributed by atoms with Gasteiger partial charge in [-0.15, -0.1) is 0 Å². The van der Waals surface area contributed by atoms with E-state index < -0.39 is 0 Å². The Hall–Kier alpha value is -1.13. The molecule has 0 radical (unpaired) electrons. The van der Waals surface area contributed by atoms with Gasteiger partial charge in [-0.3, -0.25) is 0 Å². The molecule has 1 saturated heterocycles. The molecule has 4 nitrogen and oxygen atoms in total. The van der Waals surface area contributed by atoms with E-state index in [0.717, 1.165) is 36.8 Å². The maximum Gasteiger partial charge on any atom is 0.163 e. The van der Waals surface area contributed by atoms with Crippen molar-refractivity contribution < 1.29 is 9.47 Å². The van der Waals surface area contributed by atoms with Gasteiger partial charge < -0.3 is 20.1 Å². The maximum absolute atomic E-state index is 6.27. The Morgan fingerprint density at radius 1 is 1.16 bits per heavy atom. The van der Waals surface area contributed by atoms with Gasteiger partial charge >= 0.3 is 0 Å². The lowest BCUT2D eigenvalue weighted by atomic mass is 9.98. The van der Waals surface area contributed by atoms with Crippen LogP contribution in [0.1, 0.15) is 12.8 Å². The number of hydrogen-bond acceptors (Lipinski definition) is 4. The van der Waals surface area contributed by atoms with Gasteiger partial charge in [0.25, 0.3) is 0 Å². The fraction of sp³-hybridized carbons (Fsp3) is 0.571. The molecule has 5 heteroatoms. The quantitative estimate of drug-likeness (QED) is 0.894. The smallest absolute Gasteiger partial charge is 0.163 e. The van der Waals surface area contributed by atoms with Crippen molar-refractivity contribution >= 4 is 17.3 Å². The van der Waals surface area contributed by atoms with Crippen LogP contribution in [0.4, 0.5) is 5.69 Å². The number of anilines is 1.